The van der Waals surface area contributed by atoms with Gasteiger partial charge in [-0.3, -0.25) is 0 Å². The van der Waals surface area contributed by atoms with Gasteiger partial charge in [-0.2, -0.15) is 0 Å². The molecule has 33 heavy (non-hydrogen) atoms. The minimum atomic E-state index is -0.553. The van der Waals surface area contributed by atoms with Gasteiger partial charge in [0.2, 0.25) is 5.95 Å². The molecule has 3 aromatic rings. The Kier molecular flexibility index (Phi) is 7.60. The number of carbonyl (C=O) groups excluding carboxylic acids is 1. The molecule has 1 amide bonds. The van der Waals surface area contributed by atoms with Crippen molar-refractivity contribution >= 4 is 35.0 Å². The number of amides is 1. The van der Waals surface area contributed by atoms with Gasteiger partial charge in [0.15, 0.2) is 5.75 Å². The number of carbonyl (C=O) groups is 1. The highest BCUT2D eigenvalue weighted by atomic mass is 35.5. The van der Waals surface area contributed by atoms with E-state index in [0.29, 0.717) is 29.0 Å². The van der Waals surface area contributed by atoms with Crippen molar-refractivity contribution in [2.24, 2.45) is 0 Å². The first-order chi connectivity index (χ1) is 15.6. The summed E-state index contributed by atoms with van der Waals surface area (Å²) in [6.45, 7) is 7.93. The van der Waals surface area contributed by atoms with Crippen molar-refractivity contribution in [2.75, 3.05) is 11.1 Å². The molecule has 8 nitrogen and oxygen atoms in total. The van der Waals surface area contributed by atoms with Crippen LogP contribution in [-0.4, -0.2) is 21.7 Å². The van der Waals surface area contributed by atoms with Gasteiger partial charge in [-0.15, -0.1) is 0 Å². The lowest BCUT2D eigenvalue weighted by molar-refractivity contribution is 0.0523. The molecule has 0 unspecified atom stereocenters. The summed E-state index contributed by atoms with van der Waals surface area (Å²) >= 11 is 6.31. The van der Waals surface area contributed by atoms with Crippen LogP contribution in [0.3, 0.4) is 0 Å². The first-order valence-corrected chi connectivity index (χ1v) is 10.8. The average molecular weight is 470 g/mol. The van der Waals surface area contributed by atoms with Crippen LogP contribution in [0.5, 0.6) is 5.75 Å². The van der Waals surface area contributed by atoms with Gasteiger partial charge in [0.1, 0.15) is 12.2 Å². The number of benzene rings is 2. The average Bonchev–Trinajstić information content (AvgIpc) is 2.74. The number of hydrogen-bond donors (Lipinski definition) is 3. The predicted molar refractivity (Wildman–Crippen MR) is 130 cm³/mol. The van der Waals surface area contributed by atoms with E-state index < -0.39 is 11.7 Å². The maximum Gasteiger partial charge on any atom is 0.407 e. The molecule has 0 aliphatic rings. The summed E-state index contributed by atoms with van der Waals surface area (Å²) in [6.07, 6.45) is 2.67. The van der Waals surface area contributed by atoms with Crippen molar-refractivity contribution in [1.82, 2.24) is 15.3 Å². The van der Waals surface area contributed by atoms with E-state index in [2.05, 4.69) is 20.6 Å². The molecular formula is C24H28ClN5O3. The van der Waals surface area contributed by atoms with Crippen LogP contribution in [0.4, 0.5) is 22.1 Å². The summed E-state index contributed by atoms with van der Waals surface area (Å²) in [6, 6.07) is 11.1. The molecule has 1 heterocycles. The van der Waals surface area contributed by atoms with Crippen molar-refractivity contribution < 1.29 is 14.3 Å². The van der Waals surface area contributed by atoms with E-state index in [1.54, 1.807) is 18.5 Å². The van der Waals surface area contributed by atoms with Gasteiger partial charge in [0.05, 0.1) is 23.8 Å². The monoisotopic (exact) mass is 469 g/mol. The fourth-order valence-corrected chi connectivity index (χ4v) is 3.10. The highest BCUT2D eigenvalue weighted by Gasteiger charge is 2.16. The maximum atomic E-state index is 11.9. The molecule has 2 aromatic carbocycles. The lowest BCUT2D eigenvalue weighted by atomic mass is 10.1. The summed E-state index contributed by atoms with van der Waals surface area (Å²) < 4.78 is 11.1. The fraction of sp³-hybridized carbons (Fsp3) is 0.292. The van der Waals surface area contributed by atoms with Gasteiger partial charge in [0, 0.05) is 17.1 Å². The lowest BCUT2D eigenvalue weighted by Crippen LogP contribution is -2.32. The minimum absolute atomic E-state index is 0.222. The summed E-state index contributed by atoms with van der Waals surface area (Å²) in [4.78, 5) is 20.4. The van der Waals surface area contributed by atoms with E-state index in [4.69, 9.17) is 26.8 Å². The Hall–Kier alpha value is -3.52. The topological polar surface area (TPSA) is 111 Å². The Morgan fingerprint density at radius 1 is 1.15 bits per heavy atom. The Balaban J connectivity index is 1.58. The summed E-state index contributed by atoms with van der Waals surface area (Å²) in [7, 11) is 0. The molecule has 0 fully saturated rings. The van der Waals surface area contributed by atoms with Crippen LogP contribution >= 0.6 is 11.6 Å². The quantitative estimate of drug-likeness (QED) is 0.399. The second-order valence-corrected chi connectivity index (χ2v) is 8.88. The Bertz CT molecular complexity index is 1090. The number of halogens is 1. The molecule has 3 rings (SSSR count). The van der Waals surface area contributed by atoms with Crippen LogP contribution in [-0.2, 0) is 17.9 Å². The standard InChI is InChI=1S/C24H28ClN5O3/c1-15-6-5-7-20(26)21(15)30-22-27-12-18(13-28-22)32-14-17-10-16(8-9-19(17)25)11-29-23(31)33-24(2,3)4/h5-10,12-13H,11,14,26H2,1-4H3,(H,29,31)(H,27,28,30). The normalized spacial score (nSPS) is 11.1. The van der Waals surface area contributed by atoms with Gasteiger partial charge < -0.3 is 25.8 Å². The molecule has 0 saturated heterocycles. The number of anilines is 3. The second-order valence-electron chi connectivity index (χ2n) is 8.48. The molecule has 9 heteroatoms. The van der Waals surface area contributed by atoms with E-state index in [9.17, 15) is 4.79 Å². The van der Waals surface area contributed by atoms with Gasteiger partial charge in [0.25, 0.3) is 0 Å². The number of para-hydroxylation sites is 1. The van der Waals surface area contributed by atoms with Crippen LogP contribution < -0.4 is 21.1 Å². The first-order valence-electron chi connectivity index (χ1n) is 10.4. The van der Waals surface area contributed by atoms with Crippen LogP contribution in [0.15, 0.2) is 48.8 Å². The van der Waals surface area contributed by atoms with E-state index >= 15 is 0 Å². The van der Waals surface area contributed by atoms with Gasteiger partial charge in [-0.1, -0.05) is 29.8 Å². The molecule has 0 spiro atoms. The number of aryl methyl sites for hydroxylation is 1. The molecule has 0 aliphatic carbocycles. The molecule has 174 valence electrons. The zero-order chi connectivity index (χ0) is 24.0. The molecule has 0 radical (unpaired) electrons. The third kappa shape index (κ3) is 7.25. The molecule has 0 saturated carbocycles. The first kappa shape index (κ1) is 24.1. The highest BCUT2D eigenvalue weighted by Crippen LogP contribution is 2.26. The lowest BCUT2D eigenvalue weighted by Gasteiger charge is -2.19. The van der Waals surface area contributed by atoms with E-state index in [-0.39, 0.29) is 6.61 Å². The number of rotatable bonds is 7. The minimum Gasteiger partial charge on any atom is -0.486 e. The molecule has 0 atom stereocenters. The van der Waals surface area contributed by atoms with Gasteiger partial charge >= 0.3 is 6.09 Å². The number of ether oxygens (including phenoxy) is 2. The number of aromatic nitrogens is 2. The van der Waals surface area contributed by atoms with Crippen molar-refractivity contribution in [3.8, 4) is 5.75 Å². The third-order valence-electron chi connectivity index (χ3n) is 4.51. The fourth-order valence-electron chi connectivity index (χ4n) is 2.93. The van der Waals surface area contributed by atoms with Crippen molar-refractivity contribution in [3.63, 3.8) is 0 Å². The SMILES string of the molecule is Cc1cccc(N)c1Nc1ncc(OCc2cc(CNC(=O)OC(C)(C)C)ccc2Cl)cn1. The van der Waals surface area contributed by atoms with Crippen LogP contribution in [0, 0.1) is 6.92 Å². The Labute approximate surface area is 198 Å². The van der Waals surface area contributed by atoms with Crippen LogP contribution in [0.1, 0.15) is 37.5 Å². The van der Waals surface area contributed by atoms with Crippen molar-refractivity contribution in [2.45, 2.75) is 46.4 Å². The zero-order valence-corrected chi connectivity index (χ0v) is 19.9. The molecule has 0 bridgehead atoms. The second kappa shape index (κ2) is 10.4. The Morgan fingerprint density at radius 2 is 1.88 bits per heavy atom. The van der Waals surface area contributed by atoms with Crippen molar-refractivity contribution in [3.05, 3.63) is 70.5 Å². The van der Waals surface area contributed by atoms with Gasteiger partial charge in [-0.05, 0) is 57.0 Å². The zero-order valence-electron chi connectivity index (χ0n) is 19.1. The molecule has 1 aromatic heterocycles. The molecular weight excluding hydrogens is 442 g/mol. The van der Waals surface area contributed by atoms with E-state index in [0.717, 1.165) is 22.4 Å². The molecule has 4 N–H and O–H groups in total. The number of nitrogens with one attached hydrogen (secondary N) is 2. The maximum absolute atomic E-state index is 11.9. The van der Waals surface area contributed by atoms with Crippen LogP contribution in [0.2, 0.25) is 5.02 Å². The number of hydrogen-bond acceptors (Lipinski definition) is 7. The smallest absolute Gasteiger partial charge is 0.407 e. The van der Waals surface area contributed by atoms with Crippen LogP contribution in [0.25, 0.3) is 0 Å². The van der Waals surface area contributed by atoms with Gasteiger partial charge in [-0.25, -0.2) is 14.8 Å². The summed E-state index contributed by atoms with van der Waals surface area (Å²) in [5.41, 5.74) is 9.50. The Morgan fingerprint density at radius 3 is 2.55 bits per heavy atom. The van der Waals surface area contributed by atoms with E-state index in [1.807, 2.05) is 58.0 Å². The highest BCUT2D eigenvalue weighted by molar-refractivity contribution is 6.31. The van der Waals surface area contributed by atoms with E-state index in [1.165, 1.54) is 0 Å². The number of alkyl carbamates (subject to hydrolysis) is 1. The van der Waals surface area contributed by atoms with Crippen molar-refractivity contribution in [1.29, 1.82) is 0 Å². The predicted octanol–water partition coefficient (Wildman–Crippen LogP) is 5.37. The summed E-state index contributed by atoms with van der Waals surface area (Å²) in [5, 5.41) is 6.42. The number of nitrogen functional groups attached to an aromatic ring is 1. The largest absolute Gasteiger partial charge is 0.486 e. The number of nitrogens with two attached hydrogens (primary N) is 1. The molecule has 0 aliphatic heterocycles. The third-order valence-corrected chi connectivity index (χ3v) is 4.88. The number of nitrogens with zero attached hydrogens (tertiary/aromatic N) is 2. The summed E-state index contributed by atoms with van der Waals surface area (Å²) in [5.74, 6) is 0.906.